The molecule has 0 saturated carbocycles. The largest absolute Gasteiger partial charge is 0.480 e. The highest BCUT2D eigenvalue weighted by Crippen LogP contribution is 1.97. The summed E-state index contributed by atoms with van der Waals surface area (Å²) in [6.45, 7) is 5.00. The molecule has 0 aliphatic rings. The van der Waals surface area contributed by atoms with Crippen molar-refractivity contribution >= 4 is 17.8 Å². The van der Waals surface area contributed by atoms with Crippen LogP contribution in [0.1, 0.15) is 20.3 Å². The van der Waals surface area contributed by atoms with Crippen LogP contribution >= 0.6 is 12.2 Å². The van der Waals surface area contributed by atoms with E-state index in [0.717, 1.165) is 6.42 Å². The van der Waals surface area contributed by atoms with Crippen LogP contribution in [0.4, 0.5) is 0 Å². The summed E-state index contributed by atoms with van der Waals surface area (Å²) < 4.78 is 4.71. The molecular weight excluding hydrogens is 120 g/mol. The molecule has 0 spiro atoms. The second-order valence-electron chi connectivity index (χ2n) is 2.11. The van der Waals surface area contributed by atoms with Gasteiger partial charge in [-0.2, -0.15) is 0 Å². The minimum atomic E-state index is 0.693. The van der Waals surface area contributed by atoms with E-state index in [1.165, 1.54) is 0 Å². The van der Waals surface area contributed by atoms with Gasteiger partial charge in [0.15, 0.2) is 0 Å². The van der Waals surface area contributed by atoms with E-state index in [2.05, 4.69) is 31.6 Å². The Hall–Kier alpha value is -0.110. The monoisotopic (exact) mass is 131 g/mol. The second kappa shape index (κ2) is 5.04. The molecular formula is C6H11OS. The maximum atomic E-state index is 4.71. The predicted molar refractivity (Wildman–Crippen MR) is 38.0 cm³/mol. The lowest BCUT2D eigenvalue weighted by Crippen LogP contribution is -1.95. The third-order valence-electron chi connectivity index (χ3n) is 0.856. The van der Waals surface area contributed by atoms with Crippen molar-refractivity contribution in [1.29, 1.82) is 0 Å². The van der Waals surface area contributed by atoms with Crippen LogP contribution in [0, 0.1) is 5.92 Å². The molecule has 0 aliphatic carbocycles. The van der Waals surface area contributed by atoms with Gasteiger partial charge in [-0.05, 0) is 24.6 Å². The highest BCUT2D eigenvalue weighted by molar-refractivity contribution is 7.78. The molecule has 8 heavy (non-hydrogen) atoms. The van der Waals surface area contributed by atoms with Crippen LogP contribution in [-0.4, -0.2) is 12.2 Å². The molecule has 0 aromatic carbocycles. The van der Waals surface area contributed by atoms with Gasteiger partial charge in [-0.15, -0.1) is 0 Å². The first-order valence-corrected chi connectivity index (χ1v) is 3.17. The van der Waals surface area contributed by atoms with E-state index in [1.807, 2.05) is 0 Å². The molecule has 0 aromatic heterocycles. The first-order chi connectivity index (χ1) is 3.77. The maximum absolute atomic E-state index is 4.71. The molecule has 0 heterocycles. The third-order valence-corrected chi connectivity index (χ3v) is 0.974. The zero-order valence-electron chi connectivity index (χ0n) is 5.31. The lowest BCUT2D eigenvalue weighted by molar-refractivity contribution is 0.296. The Kier molecular flexibility index (Phi) is 4.97. The van der Waals surface area contributed by atoms with E-state index in [-0.39, 0.29) is 0 Å². The average molecular weight is 131 g/mol. The summed E-state index contributed by atoms with van der Waals surface area (Å²) in [5.74, 6) is 0.693. The number of hydrogen-bond donors (Lipinski definition) is 0. The fourth-order valence-electron chi connectivity index (χ4n) is 0.336. The van der Waals surface area contributed by atoms with Crippen molar-refractivity contribution in [3.63, 3.8) is 0 Å². The van der Waals surface area contributed by atoms with E-state index in [1.54, 1.807) is 0 Å². The van der Waals surface area contributed by atoms with Crippen LogP contribution < -0.4 is 0 Å². The van der Waals surface area contributed by atoms with Crippen molar-refractivity contribution in [3.05, 3.63) is 0 Å². The molecule has 2 heteroatoms. The minimum absolute atomic E-state index is 0.693. The molecule has 0 atom stereocenters. The number of thiocarbonyl (C=S) groups is 1. The summed E-state index contributed by atoms with van der Waals surface area (Å²) in [7, 11) is 0. The molecule has 0 N–H and O–H groups in total. The number of ether oxygens (including phenoxy) is 1. The van der Waals surface area contributed by atoms with Gasteiger partial charge in [0.25, 0.3) is 0 Å². The Morgan fingerprint density at radius 2 is 2.25 bits per heavy atom. The van der Waals surface area contributed by atoms with Gasteiger partial charge in [-0.1, -0.05) is 13.8 Å². The zero-order chi connectivity index (χ0) is 6.41. The smallest absolute Gasteiger partial charge is 0.239 e. The van der Waals surface area contributed by atoms with Gasteiger partial charge >= 0.3 is 0 Å². The first kappa shape index (κ1) is 7.89. The maximum Gasteiger partial charge on any atom is 0.239 e. The van der Waals surface area contributed by atoms with Crippen LogP contribution in [0.25, 0.3) is 0 Å². The van der Waals surface area contributed by atoms with Crippen molar-refractivity contribution in [2.45, 2.75) is 20.3 Å². The SMILES string of the molecule is CC(C)CCO[C]=S. The minimum Gasteiger partial charge on any atom is -0.480 e. The number of hydrogen-bond acceptors (Lipinski definition) is 2. The van der Waals surface area contributed by atoms with Crippen molar-refractivity contribution < 1.29 is 4.74 Å². The van der Waals surface area contributed by atoms with Crippen molar-refractivity contribution in [1.82, 2.24) is 0 Å². The lowest BCUT2D eigenvalue weighted by atomic mass is 10.1. The summed E-state index contributed by atoms with van der Waals surface area (Å²) in [4.78, 5) is 0. The van der Waals surface area contributed by atoms with Gasteiger partial charge in [-0.3, -0.25) is 0 Å². The predicted octanol–water partition coefficient (Wildman–Crippen LogP) is 1.88. The molecule has 0 fully saturated rings. The topological polar surface area (TPSA) is 9.23 Å². The van der Waals surface area contributed by atoms with Gasteiger partial charge in [-0.25, -0.2) is 0 Å². The first-order valence-electron chi connectivity index (χ1n) is 2.76. The second-order valence-corrected chi connectivity index (χ2v) is 2.28. The fraction of sp³-hybridized carbons (Fsp3) is 0.833. The van der Waals surface area contributed by atoms with Crippen LogP contribution in [0.5, 0.6) is 0 Å². The Bertz CT molecular complexity index is 61.5. The van der Waals surface area contributed by atoms with Gasteiger partial charge in [0.05, 0.1) is 6.61 Å². The van der Waals surface area contributed by atoms with E-state index < -0.39 is 0 Å². The van der Waals surface area contributed by atoms with E-state index in [0.29, 0.717) is 12.5 Å². The highest BCUT2D eigenvalue weighted by atomic mass is 32.1. The lowest BCUT2D eigenvalue weighted by Gasteiger charge is -2.00. The van der Waals surface area contributed by atoms with Crippen molar-refractivity contribution in [2.75, 3.05) is 6.61 Å². The van der Waals surface area contributed by atoms with Crippen LogP contribution in [0.15, 0.2) is 0 Å². The fourth-order valence-corrected chi connectivity index (χ4v) is 0.420. The molecule has 0 bridgehead atoms. The Morgan fingerprint density at radius 3 is 2.62 bits per heavy atom. The van der Waals surface area contributed by atoms with E-state index in [4.69, 9.17) is 4.74 Å². The normalized spacial score (nSPS) is 9.38. The molecule has 1 radical (unpaired) electrons. The zero-order valence-corrected chi connectivity index (χ0v) is 6.12. The quantitative estimate of drug-likeness (QED) is 0.425. The average Bonchev–Trinajstić information content (AvgIpc) is 1.66. The summed E-state index contributed by atoms with van der Waals surface area (Å²) in [6, 6.07) is 0. The third kappa shape index (κ3) is 5.89. The molecule has 0 saturated heterocycles. The summed E-state index contributed by atoms with van der Waals surface area (Å²) in [5.41, 5.74) is 2.21. The molecule has 0 aliphatic heterocycles. The Balaban J connectivity index is 2.81. The molecule has 0 unspecified atom stereocenters. The van der Waals surface area contributed by atoms with E-state index >= 15 is 0 Å². The molecule has 0 amide bonds. The van der Waals surface area contributed by atoms with Crippen LogP contribution in [0.2, 0.25) is 0 Å². The molecule has 47 valence electrons. The Morgan fingerprint density at radius 1 is 1.62 bits per heavy atom. The number of rotatable bonds is 4. The van der Waals surface area contributed by atoms with Crippen molar-refractivity contribution in [2.24, 2.45) is 5.92 Å². The summed E-state index contributed by atoms with van der Waals surface area (Å²) in [5, 5.41) is 0. The molecule has 1 nitrogen and oxygen atoms in total. The summed E-state index contributed by atoms with van der Waals surface area (Å²) in [6.07, 6.45) is 1.06. The van der Waals surface area contributed by atoms with Gasteiger partial charge in [0.2, 0.25) is 5.55 Å². The Labute approximate surface area is 56.0 Å². The van der Waals surface area contributed by atoms with Gasteiger partial charge in [0, 0.05) is 0 Å². The highest BCUT2D eigenvalue weighted by Gasteiger charge is 1.90. The summed E-state index contributed by atoms with van der Waals surface area (Å²) >= 11 is 4.33. The van der Waals surface area contributed by atoms with E-state index in [9.17, 15) is 0 Å². The standard InChI is InChI=1S/C6H11OS/c1-6(2)3-4-7-5-8/h6H,3-4H2,1-2H3. The van der Waals surface area contributed by atoms with Crippen LogP contribution in [-0.2, 0) is 4.74 Å². The van der Waals surface area contributed by atoms with Crippen LogP contribution in [0.3, 0.4) is 0 Å². The molecule has 0 aromatic rings. The van der Waals surface area contributed by atoms with Crippen molar-refractivity contribution in [3.8, 4) is 0 Å². The van der Waals surface area contributed by atoms with Gasteiger partial charge in [0.1, 0.15) is 0 Å². The van der Waals surface area contributed by atoms with Gasteiger partial charge < -0.3 is 4.74 Å². The molecule has 0 rings (SSSR count).